The van der Waals surface area contributed by atoms with E-state index in [4.69, 9.17) is 15.2 Å². The number of aromatic nitrogens is 2. The summed E-state index contributed by atoms with van der Waals surface area (Å²) in [5, 5.41) is 10.2. The monoisotopic (exact) mass is 293 g/mol. The number of benzene rings is 2. The molecule has 0 saturated heterocycles. The molecule has 0 unspecified atom stereocenters. The summed E-state index contributed by atoms with van der Waals surface area (Å²) < 4.78 is 11.4. The van der Waals surface area contributed by atoms with Gasteiger partial charge in [-0.3, -0.25) is 0 Å². The van der Waals surface area contributed by atoms with Gasteiger partial charge in [-0.1, -0.05) is 24.3 Å². The number of anilines is 1. The van der Waals surface area contributed by atoms with Crippen LogP contribution in [0.5, 0.6) is 11.5 Å². The van der Waals surface area contributed by atoms with Crippen molar-refractivity contribution in [2.75, 3.05) is 18.9 Å². The quantitative estimate of drug-likeness (QED) is 0.746. The molecule has 3 aromatic rings. The summed E-state index contributed by atoms with van der Waals surface area (Å²) in [6.45, 7) is 1.33. The molecule has 2 heterocycles. The van der Waals surface area contributed by atoms with Crippen LogP contribution in [0.3, 0.4) is 0 Å². The SMILES string of the molecule is Nc1nnc(-c2ccc3c(c2)OCCCO3)c2ccccc12. The van der Waals surface area contributed by atoms with Crippen molar-refractivity contribution < 1.29 is 9.47 Å². The molecule has 0 fully saturated rings. The van der Waals surface area contributed by atoms with E-state index in [0.29, 0.717) is 19.0 Å². The third kappa shape index (κ3) is 2.11. The van der Waals surface area contributed by atoms with Crippen molar-refractivity contribution in [1.82, 2.24) is 10.2 Å². The van der Waals surface area contributed by atoms with Gasteiger partial charge < -0.3 is 15.2 Å². The fourth-order valence-corrected chi connectivity index (χ4v) is 2.65. The van der Waals surface area contributed by atoms with E-state index in [-0.39, 0.29) is 0 Å². The summed E-state index contributed by atoms with van der Waals surface area (Å²) in [4.78, 5) is 0. The molecule has 1 aliphatic heterocycles. The molecule has 2 N–H and O–H groups in total. The Kier molecular flexibility index (Phi) is 3.04. The van der Waals surface area contributed by atoms with Crippen molar-refractivity contribution in [2.24, 2.45) is 0 Å². The van der Waals surface area contributed by atoms with Crippen LogP contribution < -0.4 is 15.2 Å². The molecule has 1 aromatic heterocycles. The van der Waals surface area contributed by atoms with E-state index in [0.717, 1.165) is 39.9 Å². The van der Waals surface area contributed by atoms with Crippen molar-refractivity contribution in [3.8, 4) is 22.8 Å². The zero-order chi connectivity index (χ0) is 14.9. The fourth-order valence-electron chi connectivity index (χ4n) is 2.65. The molecule has 0 bridgehead atoms. The van der Waals surface area contributed by atoms with Crippen LogP contribution in [0.1, 0.15) is 6.42 Å². The van der Waals surface area contributed by atoms with Gasteiger partial charge in [-0.15, -0.1) is 10.2 Å². The molecular weight excluding hydrogens is 278 g/mol. The highest BCUT2D eigenvalue weighted by atomic mass is 16.5. The predicted molar refractivity (Wildman–Crippen MR) is 85.0 cm³/mol. The maximum Gasteiger partial charge on any atom is 0.161 e. The van der Waals surface area contributed by atoms with Gasteiger partial charge >= 0.3 is 0 Å². The van der Waals surface area contributed by atoms with Crippen LogP contribution in [-0.4, -0.2) is 23.4 Å². The number of hydrogen-bond donors (Lipinski definition) is 1. The Bertz CT molecular complexity index is 848. The second kappa shape index (κ2) is 5.18. The topological polar surface area (TPSA) is 70.3 Å². The number of rotatable bonds is 1. The number of nitrogens with zero attached hydrogens (tertiary/aromatic N) is 2. The highest BCUT2D eigenvalue weighted by Crippen LogP contribution is 2.36. The molecule has 0 atom stereocenters. The highest BCUT2D eigenvalue weighted by Gasteiger charge is 2.14. The molecular formula is C17H15N3O2. The Labute approximate surface area is 127 Å². The van der Waals surface area contributed by atoms with Gasteiger partial charge in [0, 0.05) is 22.8 Å². The van der Waals surface area contributed by atoms with Gasteiger partial charge in [0.25, 0.3) is 0 Å². The van der Waals surface area contributed by atoms with E-state index < -0.39 is 0 Å². The number of fused-ring (bicyclic) bond motifs is 2. The molecule has 0 saturated carbocycles. The molecule has 5 heteroatoms. The summed E-state index contributed by atoms with van der Waals surface area (Å²) in [6, 6.07) is 13.7. The maximum atomic E-state index is 5.92. The van der Waals surface area contributed by atoms with E-state index in [1.807, 2.05) is 42.5 Å². The zero-order valence-corrected chi connectivity index (χ0v) is 12.0. The third-order valence-corrected chi connectivity index (χ3v) is 3.74. The molecule has 22 heavy (non-hydrogen) atoms. The standard InChI is InChI=1S/C17H15N3O2/c18-17-13-5-2-1-4-12(13)16(19-20-17)11-6-7-14-15(10-11)22-9-3-8-21-14/h1-2,4-7,10H,3,8-9H2,(H2,18,20). The minimum absolute atomic E-state index is 0.439. The van der Waals surface area contributed by atoms with Crippen molar-refractivity contribution >= 4 is 16.6 Å². The molecule has 0 amide bonds. The minimum Gasteiger partial charge on any atom is -0.490 e. The molecule has 4 rings (SSSR count). The Morgan fingerprint density at radius 1 is 0.864 bits per heavy atom. The molecule has 110 valence electrons. The van der Waals surface area contributed by atoms with E-state index in [1.165, 1.54) is 0 Å². The van der Waals surface area contributed by atoms with Crippen LogP contribution >= 0.6 is 0 Å². The first-order chi connectivity index (χ1) is 10.8. The lowest BCUT2D eigenvalue weighted by Crippen LogP contribution is -1.98. The molecule has 0 radical (unpaired) electrons. The summed E-state index contributed by atoms with van der Waals surface area (Å²) in [7, 11) is 0. The Morgan fingerprint density at radius 2 is 1.64 bits per heavy atom. The maximum absolute atomic E-state index is 5.92. The lowest BCUT2D eigenvalue weighted by atomic mass is 10.0. The normalized spacial score (nSPS) is 13.8. The second-order valence-corrected chi connectivity index (χ2v) is 5.19. The molecule has 1 aliphatic rings. The molecule has 2 aromatic carbocycles. The van der Waals surface area contributed by atoms with Gasteiger partial charge in [0.2, 0.25) is 0 Å². The van der Waals surface area contributed by atoms with Crippen molar-refractivity contribution in [2.45, 2.75) is 6.42 Å². The Morgan fingerprint density at radius 3 is 2.50 bits per heavy atom. The van der Waals surface area contributed by atoms with Gasteiger partial charge in [0.15, 0.2) is 17.3 Å². The third-order valence-electron chi connectivity index (χ3n) is 3.74. The Hall–Kier alpha value is -2.82. The number of ether oxygens (including phenoxy) is 2. The lowest BCUT2D eigenvalue weighted by Gasteiger charge is -2.10. The number of nitrogen functional groups attached to an aromatic ring is 1. The summed E-state index contributed by atoms with van der Waals surface area (Å²) >= 11 is 0. The van der Waals surface area contributed by atoms with Gasteiger partial charge in [-0.25, -0.2) is 0 Å². The average Bonchev–Trinajstić information content (AvgIpc) is 2.80. The molecule has 0 aliphatic carbocycles. The van der Waals surface area contributed by atoms with Crippen LogP contribution in [0.25, 0.3) is 22.0 Å². The van der Waals surface area contributed by atoms with Crippen molar-refractivity contribution in [1.29, 1.82) is 0 Å². The van der Waals surface area contributed by atoms with Crippen molar-refractivity contribution in [3.63, 3.8) is 0 Å². The van der Waals surface area contributed by atoms with E-state index in [1.54, 1.807) is 0 Å². The van der Waals surface area contributed by atoms with E-state index in [2.05, 4.69) is 10.2 Å². The van der Waals surface area contributed by atoms with Crippen LogP contribution in [0.4, 0.5) is 5.82 Å². The first kappa shape index (κ1) is 12.9. The number of hydrogen-bond acceptors (Lipinski definition) is 5. The average molecular weight is 293 g/mol. The second-order valence-electron chi connectivity index (χ2n) is 5.19. The minimum atomic E-state index is 0.439. The first-order valence-electron chi connectivity index (χ1n) is 7.24. The largest absolute Gasteiger partial charge is 0.490 e. The van der Waals surface area contributed by atoms with Crippen LogP contribution in [-0.2, 0) is 0 Å². The van der Waals surface area contributed by atoms with E-state index >= 15 is 0 Å². The van der Waals surface area contributed by atoms with Crippen LogP contribution in [0.2, 0.25) is 0 Å². The van der Waals surface area contributed by atoms with Gasteiger partial charge in [0.05, 0.1) is 13.2 Å². The van der Waals surface area contributed by atoms with Crippen LogP contribution in [0, 0.1) is 0 Å². The molecule has 0 spiro atoms. The predicted octanol–water partition coefficient (Wildman–Crippen LogP) is 3.04. The van der Waals surface area contributed by atoms with E-state index in [9.17, 15) is 0 Å². The van der Waals surface area contributed by atoms with Gasteiger partial charge in [0.1, 0.15) is 5.69 Å². The first-order valence-corrected chi connectivity index (χ1v) is 7.24. The lowest BCUT2D eigenvalue weighted by molar-refractivity contribution is 0.297. The van der Waals surface area contributed by atoms with Crippen molar-refractivity contribution in [3.05, 3.63) is 42.5 Å². The fraction of sp³-hybridized carbons (Fsp3) is 0.176. The highest BCUT2D eigenvalue weighted by molar-refractivity contribution is 5.99. The Balaban J connectivity index is 1.89. The number of nitrogens with two attached hydrogens (primary N) is 1. The molecule has 5 nitrogen and oxygen atoms in total. The van der Waals surface area contributed by atoms with Gasteiger partial charge in [-0.2, -0.15) is 0 Å². The summed E-state index contributed by atoms with van der Waals surface area (Å²) in [6.07, 6.45) is 0.884. The smallest absolute Gasteiger partial charge is 0.161 e. The zero-order valence-electron chi connectivity index (χ0n) is 12.0. The van der Waals surface area contributed by atoms with Crippen LogP contribution in [0.15, 0.2) is 42.5 Å². The summed E-state index contributed by atoms with van der Waals surface area (Å²) in [5.74, 6) is 1.96. The van der Waals surface area contributed by atoms with Gasteiger partial charge in [-0.05, 0) is 18.2 Å². The summed E-state index contributed by atoms with van der Waals surface area (Å²) in [5.41, 5.74) is 7.65.